The van der Waals surface area contributed by atoms with Crippen LogP contribution in [0.3, 0.4) is 0 Å². The van der Waals surface area contributed by atoms with E-state index in [1.54, 1.807) is 0 Å². The van der Waals surface area contributed by atoms with E-state index in [1.165, 1.54) is 0 Å². The van der Waals surface area contributed by atoms with Gasteiger partial charge in [-0.05, 0) is 27.2 Å². The van der Waals surface area contributed by atoms with Gasteiger partial charge in [0.1, 0.15) is 0 Å². The highest BCUT2D eigenvalue weighted by Crippen LogP contribution is 2.15. The Morgan fingerprint density at radius 1 is 1.50 bits per heavy atom. The SMILES string of the molecule is CC(C)(C)NCC1(N)CCOC1. The second-order valence-corrected chi connectivity index (χ2v) is 4.77. The van der Waals surface area contributed by atoms with Crippen molar-refractivity contribution in [2.75, 3.05) is 19.8 Å². The van der Waals surface area contributed by atoms with Gasteiger partial charge in [0, 0.05) is 18.7 Å². The average molecular weight is 172 g/mol. The summed E-state index contributed by atoms with van der Waals surface area (Å²) in [5.41, 5.74) is 6.09. The topological polar surface area (TPSA) is 47.3 Å². The van der Waals surface area contributed by atoms with Crippen molar-refractivity contribution in [3.8, 4) is 0 Å². The number of hydrogen-bond donors (Lipinski definition) is 2. The molecule has 0 aliphatic carbocycles. The quantitative estimate of drug-likeness (QED) is 0.637. The third-order valence-electron chi connectivity index (χ3n) is 2.10. The zero-order valence-electron chi connectivity index (χ0n) is 8.31. The Hall–Kier alpha value is -0.120. The van der Waals surface area contributed by atoms with Crippen molar-refractivity contribution in [3.63, 3.8) is 0 Å². The fraction of sp³-hybridized carbons (Fsp3) is 1.00. The number of nitrogens with two attached hydrogens (primary N) is 1. The van der Waals surface area contributed by atoms with Crippen LogP contribution in [0.5, 0.6) is 0 Å². The Morgan fingerprint density at radius 3 is 2.58 bits per heavy atom. The highest BCUT2D eigenvalue weighted by molar-refractivity contribution is 4.91. The summed E-state index contributed by atoms with van der Waals surface area (Å²) in [4.78, 5) is 0. The van der Waals surface area contributed by atoms with Gasteiger partial charge in [-0.1, -0.05) is 0 Å². The van der Waals surface area contributed by atoms with Gasteiger partial charge in [0.05, 0.1) is 12.1 Å². The smallest absolute Gasteiger partial charge is 0.0659 e. The minimum Gasteiger partial charge on any atom is -0.379 e. The highest BCUT2D eigenvalue weighted by atomic mass is 16.5. The maximum atomic E-state index is 6.08. The van der Waals surface area contributed by atoms with Crippen LogP contribution in [0.1, 0.15) is 27.2 Å². The molecule has 0 aromatic heterocycles. The summed E-state index contributed by atoms with van der Waals surface area (Å²) in [5.74, 6) is 0. The third kappa shape index (κ3) is 3.09. The van der Waals surface area contributed by atoms with Gasteiger partial charge in [0.15, 0.2) is 0 Å². The summed E-state index contributed by atoms with van der Waals surface area (Å²) in [6.45, 7) is 8.78. The zero-order valence-corrected chi connectivity index (χ0v) is 8.31. The van der Waals surface area contributed by atoms with Gasteiger partial charge in [-0.15, -0.1) is 0 Å². The Morgan fingerprint density at radius 2 is 2.17 bits per heavy atom. The normalized spacial score (nSPS) is 31.0. The van der Waals surface area contributed by atoms with E-state index in [2.05, 4.69) is 26.1 Å². The molecule has 0 saturated carbocycles. The van der Waals surface area contributed by atoms with Gasteiger partial charge in [-0.25, -0.2) is 0 Å². The first-order valence-electron chi connectivity index (χ1n) is 4.53. The van der Waals surface area contributed by atoms with E-state index in [-0.39, 0.29) is 11.1 Å². The van der Waals surface area contributed by atoms with Crippen LogP contribution in [-0.2, 0) is 4.74 Å². The maximum Gasteiger partial charge on any atom is 0.0659 e. The molecule has 3 nitrogen and oxygen atoms in total. The molecule has 1 aliphatic rings. The molecule has 1 saturated heterocycles. The van der Waals surface area contributed by atoms with E-state index < -0.39 is 0 Å². The van der Waals surface area contributed by atoms with E-state index in [1.807, 2.05) is 0 Å². The second-order valence-electron chi connectivity index (χ2n) is 4.77. The molecule has 1 atom stereocenters. The van der Waals surface area contributed by atoms with Crippen LogP contribution in [0.25, 0.3) is 0 Å². The summed E-state index contributed by atoms with van der Waals surface area (Å²) in [5, 5.41) is 3.40. The van der Waals surface area contributed by atoms with Gasteiger partial charge >= 0.3 is 0 Å². The molecular formula is C9H20N2O. The summed E-state index contributed by atoms with van der Waals surface area (Å²) in [7, 11) is 0. The van der Waals surface area contributed by atoms with E-state index >= 15 is 0 Å². The van der Waals surface area contributed by atoms with Crippen LogP contribution in [0, 0.1) is 0 Å². The van der Waals surface area contributed by atoms with E-state index in [0.717, 1.165) is 19.6 Å². The molecule has 0 aromatic carbocycles. The third-order valence-corrected chi connectivity index (χ3v) is 2.10. The van der Waals surface area contributed by atoms with Gasteiger partial charge in [0.25, 0.3) is 0 Å². The number of hydrogen-bond acceptors (Lipinski definition) is 3. The van der Waals surface area contributed by atoms with Gasteiger partial charge in [0.2, 0.25) is 0 Å². The largest absolute Gasteiger partial charge is 0.379 e. The van der Waals surface area contributed by atoms with Crippen molar-refractivity contribution in [1.29, 1.82) is 0 Å². The lowest BCUT2D eigenvalue weighted by molar-refractivity contribution is 0.174. The first-order chi connectivity index (χ1) is 5.41. The van der Waals surface area contributed by atoms with Crippen molar-refractivity contribution in [1.82, 2.24) is 5.32 Å². The van der Waals surface area contributed by atoms with E-state index in [9.17, 15) is 0 Å². The molecule has 1 heterocycles. The van der Waals surface area contributed by atoms with Crippen molar-refractivity contribution in [3.05, 3.63) is 0 Å². The highest BCUT2D eigenvalue weighted by Gasteiger charge is 2.31. The van der Waals surface area contributed by atoms with Crippen LogP contribution in [0.4, 0.5) is 0 Å². The second kappa shape index (κ2) is 3.32. The van der Waals surface area contributed by atoms with Crippen molar-refractivity contribution in [2.24, 2.45) is 5.73 Å². The Labute approximate surface area is 74.7 Å². The standard InChI is InChI=1S/C9H20N2O/c1-8(2,3)11-6-9(10)4-5-12-7-9/h11H,4-7,10H2,1-3H3. The van der Waals surface area contributed by atoms with Crippen LogP contribution in [0.15, 0.2) is 0 Å². The van der Waals surface area contributed by atoms with E-state index in [4.69, 9.17) is 10.5 Å². The molecule has 72 valence electrons. The minimum atomic E-state index is -0.132. The summed E-state index contributed by atoms with van der Waals surface area (Å²) in [6.07, 6.45) is 0.968. The van der Waals surface area contributed by atoms with Crippen molar-refractivity contribution >= 4 is 0 Å². The molecule has 1 fully saturated rings. The summed E-state index contributed by atoms with van der Waals surface area (Å²) >= 11 is 0. The Kier molecular flexibility index (Phi) is 2.76. The maximum absolute atomic E-state index is 6.08. The molecule has 0 radical (unpaired) electrons. The molecule has 1 aliphatic heterocycles. The van der Waals surface area contributed by atoms with Gasteiger partial charge in [-0.3, -0.25) is 0 Å². The predicted molar refractivity (Wildman–Crippen MR) is 50.1 cm³/mol. The summed E-state index contributed by atoms with van der Waals surface area (Å²) in [6, 6.07) is 0. The monoisotopic (exact) mass is 172 g/mol. The van der Waals surface area contributed by atoms with E-state index in [0.29, 0.717) is 6.61 Å². The number of nitrogens with one attached hydrogen (secondary N) is 1. The average Bonchev–Trinajstić information content (AvgIpc) is 2.32. The minimum absolute atomic E-state index is 0.132. The molecule has 12 heavy (non-hydrogen) atoms. The lowest BCUT2D eigenvalue weighted by Gasteiger charge is -2.28. The number of rotatable bonds is 2. The fourth-order valence-corrected chi connectivity index (χ4v) is 1.20. The van der Waals surface area contributed by atoms with Crippen molar-refractivity contribution in [2.45, 2.75) is 38.3 Å². The Balaban J connectivity index is 2.30. The first kappa shape index (κ1) is 9.96. The molecule has 1 rings (SSSR count). The molecule has 3 N–H and O–H groups in total. The lowest BCUT2D eigenvalue weighted by Crippen LogP contribution is -2.53. The van der Waals surface area contributed by atoms with Gasteiger partial charge in [-0.2, -0.15) is 0 Å². The zero-order chi connectivity index (χ0) is 9.24. The van der Waals surface area contributed by atoms with Crippen LogP contribution in [0.2, 0.25) is 0 Å². The van der Waals surface area contributed by atoms with Gasteiger partial charge < -0.3 is 15.8 Å². The number of ether oxygens (including phenoxy) is 1. The Bertz CT molecular complexity index is 145. The van der Waals surface area contributed by atoms with Crippen LogP contribution in [-0.4, -0.2) is 30.8 Å². The lowest BCUT2D eigenvalue weighted by atomic mass is 9.98. The molecule has 1 unspecified atom stereocenters. The van der Waals surface area contributed by atoms with Crippen LogP contribution < -0.4 is 11.1 Å². The van der Waals surface area contributed by atoms with Crippen LogP contribution >= 0.6 is 0 Å². The molecule has 0 aromatic rings. The molecule has 0 amide bonds. The molecule has 0 spiro atoms. The summed E-state index contributed by atoms with van der Waals surface area (Å²) < 4.78 is 5.26. The molecular weight excluding hydrogens is 152 g/mol. The first-order valence-corrected chi connectivity index (χ1v) is 4.53. The predicted octanol–water partition coefficient (Wildman–Crippen LogP) is 0.492. The van der Waals surface area contributed by atoms with Crippen molar-refractivity contribution < 1.29 is 4.74 Å². The molecule has 0 bridgehead atoms. The molecule has 3 heteroatoms. The fourth-order valence-electron chi connectivity index (χ4n) is 1.20.